The topological polar surface area (TPSA) is 95.7 Å². The van der Waals surface area contributed by atoms with Gasteiger partial charge in [-0.25, -0.2) is 8.42 Å². The molecule has 2 rings (SSSR count). The first kappa shape index (κ1) is 14.4. The van der Waals surface area contributed by atoms with Crippen LogP contribution < -0.4 is 4.72 Å². The van der Waals surface area contributed by atoms with Crippen molar-refractivity contribution in [2.24, 2.45) is 0 Å². The van der Waals surface area contributed by atoms with Crippen LogP contribution in [-0.2, 0) is 16.4 Å². The number of aromatic nitrogens is 2. The highest BCUT2D eigenvalue weighted by Crippen LogP contribution is 2.22. The van der Waals surface area contributed by atoms with Gasteiger partial charge in [-0.05, 0) is 31.0 Å². The van der Waals surface area contributed by atoms with E-state index in [9.17, 15) is 8.42 Å². The van der Waals surface area contributed by atoms with Crippen molar-refractivity contribution < 1.29 is 8.42 Å². The number of aryl methyl sites for hydroxylation is 2. The molecule has 0 aliphatic carbocycles. The average molecular weight is 308 g/mol. The number of hydrogen-bond donors (Lipinski definition) is 1. The van der Waals surface area contributed by atoms with Gasteiger partial charge in [0.2, 0.25) is 5.13 Å². The number of rotatable bonds is 4. The van der Waals surface area contributed by atoms with Crippen molar-refractivity contribution in [3.05, 3.63) is 34.3 Å². The van der Waals surface area contributed by atoms with Crippen molar-refractivity contribution in [1.29, 1.82) is 5.26 Å². The van der Waals surface area contributed by atoms with E-state index in [4.69, 9.17) is 5.26 Å². The summed E-state index contributed by atoms with van der Waals surface area (Å²) >= 11 is 1.19. The molecule has 0 spiro atoms. The van der Waals surface area contributed by atoms with Gasteiger partial charge in [0.05, 0.1) is 16.5 Å². The molecule has 0 unspecified atom stereocenters. The summed E-state index contributed by atoms with van der Waals surface area (Å²) < 4.78 is 27.0. The molecule has 0 aliphatic rings. The van der Waals surface area contributed by atoms with Gasteiger partial charge in [0.1, 0.15) is 5.01 Å². The third-order valence-corrected chi connectivity index (χ3v) is 5.19. The minimum atomic E-state index is -3.76. The standard InChI is InChI=1S/C12H12N4O2S2/c1-3-11-14-15-12(19-11)16-20(17,18)10-6-9(7-13)5-4-8(10)2/h4-6H,3H2,1-2H3,(H,15,16). The van der Waals surface area contributed by atoms with E-state index < -0.39 is 10.0 Å². The van der Waals surface area contributed by atoms with Crippen molar-refractivity contribution in [3.8, 4) is 6.07 Å². The fraction of sp³-hybridized carbons (Fsp3) is 0.250. The van der Waals surface area contributed by atoms with E-state index in [0.29, 0.717) is 17.5 Å². The van der Waals surface area contributed by atoms with Crippen LogP contribution in [0, 0.1) is 18.3 Å². The predicted octanol–water partition coefficient (Wildman–Crippen LogP) is 2.08. The van der Waals surface area contributed by atoms with Crippen molar-refractivity contribution >= 4 is 26.5 Å². The molecule has 0 saturated heterocycles. The number of benzene rings is 1. The van der Waals surface area contributed by atoms with Gasteiger partial charge < -0.3 is 0 Å². The summed E-state index contributed by atoms with van der Waals surface area (Å²) in [6.45, 7) is 3.59. The monoisotopic (exact) mass is 308 g/mol. The highest BCUT2D eigenvalue weighted by atomic mass is 32.2. The zero-order chi connectivity index (χ0) is 14.8. The van der Waals surface area contributed by atoms with E-state index in [2.05, 4.69) is 14.9 Å². The zero-order valence-corrected chi connectivity index (χ0v) is 12.5. The summed E-state index contributed by atoms with van der Waals surface area (Å²) in [7, 11) is -3.76. The van der Waals surface area contributed by atoms with Gasteiger partial charge >= 0.3 is 0 Å². The molecule has 0 radical (unpaired) electrons. The maximum Gasteiger partial charge on any atom is 0.264 e. The fourth-order valence-electron chi connectivity index (χ4n) is 1.57. The van der Waals surface area contributed by atoms with E-state index in [0.717, 1.165) is 5.01 Å². The average Bonchev–Trinajstić information content (AvgIpc) is 2.86. The Morgan fingerprint density at radius 1 is 1.40 bits per heavy atom. The molecule has 1 N–H and O–H groups in total. The molecule has 0 saturated carbocycles. The fourth-order valence-corrected chi connectivity index (χ4v) is 3.75. The second-order valence-corrected chi connectivity index (χ2v) is 6.76. The molecule has 8 heteroatoms. The third-order valence-electron chi connectivity index (χ3n) is 2.60. The molecule has 0 bridgehead atoms. The Bertz CT molecular complexity index is 775. The molecule has 0 aliphatic heterocycles. The smallest absolute Gasteiger partial charge is 0.253 e. The van der Waals surface area contributed by atoms with Crippen LogP contribution in [0.1, 0.15) is 23.1 Å². The first-order valence-electron chi connectivity index (χ1n) is 5.82. The molecule has 1 heterocycles. The number of nitrogens with zero attached hydrogens (tertiary/aromatic N) is 3. The molecule has 0 amide bonds. The van der Waals surface area contributed by atoms with E-state index in [1.165, 1.54) is 17.4 Å². The Labute approximate surface area is 121 Å². The molecular weight excluding hydrogens is 296 g/mol. The lowest BCUT2D eigenvalue weighted by atomic mass is 10.2. The molecule has 0 fully saturated rings. The maximum absolute atomic E-state index is 12.3. The van der Waals surface area contributed by atoms with E-state index in [-0.39, 0.29) is 10.0 Å². The lowest BCUT2D eigenvalue weighted by molar-refractivity contribution is 0.600. The van der Waals surface area contributed by atoms with Crippen LogP contribution in [-0.4, -0.2) is 18.6 Å². The normalized spacial score (nSPS) is 11.1. The molecule has 1 aromatic carbocycles. The summed E-state index contributed by atoms with van der Waals surface area (Å²) in [5, 5.41) is 17.5. The summed E-state index contributed by atoms with van der Waals surface area (Å²) in [5.74, 6) is 0. The van der Waals surface area contributed by atoms with E-state index in [1.807, 2.05) is 13.0 Å². The summed E-state index contributed by atoms with van der Waals surface area (Å²) in [5.41, 5.74) is 0.860. The Hall–Kier alpha value is -1.98. The van der Waals surface area contributed by atoms with Crippen LogP contribution in [0.2, 0.25) is 0 Å². The predicted molar refractivity (Wildman–Crippen MR) is 76.0 cm³/mol. The van der Waals surface area contributed by atoms with Crippen LogP contribution in [0.25, 0.3) is 0 Å². The maximum atomic E-state index is 12.3. The van der Waals surface area contributed by atoms with Crippen molar-refractivity contribution in [1.82, 2.24) is 10.2 Å². The van der Waals surface area contributed by atoms with Gasteiger partial charge in [-0.2, -0.15) is 5.26 Å². The number of hydrogen-bond acceptors (Lipinski definition) is 6. The van der Waals surface area contributed by atoms with Crippen LogP contribution in [0.4, 0.5) is 5.13 Å². The SMILES string of the molecule is CCc1nnc(NS(=O)(=O)c2cc(C#N)ccc2C)s1. The Morgan fingerprint density at radius 2 is 2.15 bits per heavy atom. The first-order valence-corrected chi connectivity index (χ1v) is 8.12. The molecule has 2 aromatic rings. The van der Waals surface area contributed by atoms with Crippen molar-refractivity contribution in [2.75, 3.05) is 4.72 Å². The van der Waals surface area contributed by atoms with Gasteiger partial charge in [0, 0.05) is 0 Å². The highest BCUT2D eigenvalue weighted by molar-refractivity contribution is 7.93. The third kappa shape index (κ3) is 2.95. The Balaban J connectivity index is 2.38. The van der Waals surface area contributed by atoms with E-state index in [1.54, 1.807) is 19.1 Å². The Kier molecular flexibility index (Phi) is 4.01. The van der Waals surface area contributed by atoms with E-state index >= 15 is 0 Å². The molecule has 20 heavy (non-hydrogen) atoms. The second kappa shape index (κ2) is 5.56. The van der Waals surface area contributed by atoms with Crippen molar-refractivity contribution in [3.63, 3.8) is 0 Å². The van der Waals surface area contributed by atoms with Gasteiger partial charge in [-0.3, -0.25) is 4.72 Å². The van der Waals surface area contributed by atoms with Crippen LogP contribution in [0.3, 0.4) is 0 Å². The zero-order valence-electron chi connectivity index (χ0n) is 10.9. The second-order valence-electron chi connectivity index (χ2n) is 4.05. The molecule has 6 nitrogen and oxygen atoms in total. The molecule has 0 atom stereocenters. The number of nitrogens with one attached hydrogen (secondary N) is 1. The Morgan fingerprint density at radius 3 is 2.75 bits per heavy atom. The summed E-state index contributed by atoms with van der Waals surface area (Å²) in [4.78, 5) is 0.0739. The number of nitriles is 1. The molecular formula is C12H12N4O2S2. The van der Waals surface area contributed by atoms with Crippen LogP contribution in [0.5, 0.6) is 0 Å². The first-order chi connectivity index (χ1) is 9.46. The van der Waals surface area contributed by atoms with Crippen LogP contribution >= 0.6 is 11.3 Å². The summed E-state index contributed by atoms with van der Waals surface area (Å²) in [6, 6.07) is 6.45. The minimum Gasteiger partial charge on any atom is -0.253 e. The lowest BCUT2D eigenvalue weighted by Crippen LogP contribution is -2.14. The van der Waals surface area contributed by atoms with Gasteiger partial charge in [-0.1, -0.05) is 24.3 Å². The van der Waals surface area contributed by atoms with Gasteiger partial charge in [0.25, 0.3) is 10.0 Å². The largest absolute Gasteiger partial charge is 0.264 e. The molecule has 1 aromatic heterocycles. The highest BCUT2D eigenvalue weighted by Gasteiger charge is 2.19. The minimum absolute atomic E-state index is 0.0739. The number of sulfonamides is 1. The summed E-state index contributed by atoms with van der Waals surface area (Å²) in [6.07, 6.45) is 0.697. The van der Waals surface area contributed by atoms with Gasteiger partial charge in [-0.15, -0.1) is 10.2 Å². The lowest BCUT2D eigenvalue weighted by Gasteiger charge is -2.07. The van der Waals surface area contributed by atoms with Crippen LogP contribution in [0.15, 0.2) is 23.1 Å². The quantitative estimate of drug-likeness (QED) is 0.933. The van der Waals surface area contributed by atoms with Crippen molar-refractivity contribution in [2.45, 2.75) is 25.2 Å². The van der Waals surface area contributed by atoms with Gasteiger partial charge in [0.15, 0.2) is 0 Å². The molecule has 104 valence electrons. The number of anilines is 1.